The molecule has 0 atom stereocenters. The summed E-state index contributed by atoms with van der Waals surface area (Å²) in [5.41, 5.74) is 11.2. The fourth-order valence-electron chi connectivity index (χ4n) is 5.38. The first-order valence-electron chi connectivity index (χ1n) is 10.8. The average molecular weight is 396 g/mol. The maximum absolute atomic E-state index is 5.10. The number of aryl methyl sites for hydroxylation is 2. The zero-order chi connectivity index (χ0) is 20.9. The monoisotopic (exact) mass is 395 g/mol. The lowest BCUT2D eigenvalue weighted by molar-refractivity contribution is -0.661. The number of hydrogen-bond acceptors (Lipinski definition) is 1. The van der Waals surface area contributed by atoms with Gasteiger partial charge >= 0.3 is 0 Å². The largest absolute Gasteiger partial charge is 0.299 e. The summed E-state index contributed by atoms with van der Waals surface area (Å²) in [5.74, 6) is 1.50. The predicted octanol–water partition coefficient (Wildman–Crippen LogP) is 5.46. The van der Waals surface area contributed by atoms with E-state index in [2.05, 4.69) is 104 Å². The number of benzene rings is 2. The van der Waals surface area contributed by atoms with E-state index in [-0.39, 0.29) is 5.54 Å². The van der Waals surface area contributed by atoms with Crippen LogP contribution >= 0.6 is 0 Å². The third-order valence-corrected chi connectivity index (χ3v) is 6.96. The lowest BCUT2D eigenvalue weighted by Gasteiger charge is -2.34. The van der Waals surface area contributed by atoms with Gasteiger partial charge < -0.3 is 0 Å². The Bertz CT molecular complexity index is 1510. The molecule has 2 aromatic carbocycles. The van der Waals surface area contributed by atoms with Gasteiger partial charge in [0.25, 0.3) is 0 Å². The summed E-state index contributed by atoms with van der Waals surface area (Å²) in [5, 5.41) is 0. The van der Waals surface area contributed by atoms with Gasteiger partial charge in [-0.25, -0.2) is 9.55 Å². The first kappa shape index (κ1) is 17.7. The van der Waals surface area contributed by atoms with Crippen molar-refractivity contribution < 1.29 is 4.57 Å². The third-order valence-electron chi connectivity index (χ3n) is 6.96. The van der Waals surface area contributed by atoms with Gasteiger partial charge in [0, 0.05) is 5.56 Å². The Hall–Kier alpha value is -3.14. The number of hydrogen-bond donors (Lipinski definition) is 0. The molecule has 1 aliphatic rings. The lowest BCUT2D eigenvalue weighted by atomic mass is 9.82. The maximum atomic E-state index is 5.10. The summed E-state index contributed by atoms with van der Waals surface area (Å²) in [4.78, 5) is 5.10. The quantitative estimate of drug-likeness (QED) is 0.346. The fraction of sp³-hybridized carbons (Fsp3) is 0.308. The van der Waals surface area contributed by atoms with Crippen molar-refractivity contribution >= 4 is 27.8 Å². The summed E-state index contributed by atoms with van der Waals surface area (Å²) in [6.07, 6.45) is 2.30. The van der Waals surface area contributed by atoms with Crippen LogP contribution in [-0.2, 0) is 12.6 Å². The van der Waals surface area contributed by atoms with E-state index in [0.717, 1.165) is 11.3 Å². The molecule has 0 amide bonds. The Kier molecular flexibility index (Phi) is 3.25. The van der Waals surface area contributed by atoms with E-state index in [1.165, 1.54) is 44.5 Å². The molecule has 0 saturated heterocycles. The van der Waals surface area contributed by atoms with Crippen LogP contribution in [0.15, 0.2) is 48.7 Å². The molecule has 0 bridgehead atoms. The van der Waals surface area contributed by atoms with E-state index in [0.29, 0.717) is 5.92 Å². The number of pyridine rings is 1. The molecule has 3 aromatic heterocycles. The normalized spacial score (nSPS) is 14.9. The minimum atomic E-state index is -0.219. The van der Waals surface area contributed by atoms with Gasteiger partial charge in [-0.15, -0.1) is 0 Å². The molecule has 30 heavy (non-hydrogen) atoms. The van der Waals surface area contributed by atoms with E-state index in [4.69, 9.17) is 4.98 Å². The number of rotatable bonds is 1. The molecule has 0 unspecified atom stereocenters. The van der Waals surface area contributed by atoms with E-state index < -0.39 is 0 Å². The highest BCUT2D eigenvalue weighted by molar-refractivity contribution is 6.01. The second kappa shape index (κ2) is 5.51. The number of imidazole rings is 2. The smallest absolute Gasteiger partial charge is 0.220 e. The van der Waals surface area contributed by atoms with Crippen LogP contribution in [0, 0.1) is 6.92 Å². The molecule has 0 saturated carbocycles. The summed E-state index contributed by atoms with van der Waals surface area (Å²) in [6, 6.07) is 15.4. The van der Waals surface area contributed by atoms with Crippen molar-refractivity contribution in [3.05, 3.63) is 65.4 Å². The van der Waals surface area contributed by atoms with Crippen LogP contribution in [0.4, 0.5) is 0 Å². The first-order chi connectivity index (χ1) is 14.3. The van der Waals surface area contributed by atoms with Crippen LogP contribution in [0.5, 0.6) is 0 Å². The molecule has 0 N–H and O–H groups in total. The van der Waals surface area contributed by atoms with Crippen molar-refractivity contribution in [3.8, 4) is 11.3 Å². The van der Waals surface area contributed by atoms with Crippen LogP contribution in [0.1, 0.15) is 50.3 Å². The van der Waals surface area contributed by atoms with Crippen LogP contribution in [0.25, 0.3) is 39.1 Å². The Morgan fingerprint density at radius 1 is 1.03 bits per heavy atom. The zero-order valence-corrected chi connectivity index (χ0v) is 18.5. The van der Waals surface area contributed by atoms with Crippen LogP contribution in [0.2, 0.25) is 0 Å². The molecule has 0 aliphatic carbocycles. The molecule has 6 rings (SSSR count). The van der Waals surface area contributed by atoms with Gasteiger partial charge in [0.2, 0.25) is 11.5 Å². The minimum absolute atomic E-state index is 0.219. The van der Waals surface area contributed by atoms with Crippen LogP contribution < -0.4 is 4.57 Å². The van der Waals surface area contributed by atoms with Gasteiger partial charge in [0.05, 0.1) is 38.7 Å². The highest BCUT2D eigenvalue weighted by atomic mass is 15.2. The molecule has 150 valence electrons. The first-order valence-corrected chi connectivity index (χ1v) is 10.8. The summed E-state index contributed by atoms with van der Waals surface area (Å²) >= 11 is 0. The average Bonchev–Trinajstić information content (AvgIpc) is 3.22. The second-order valence-corrected chi connectivity index (χ2v) is 9.56. The molecule has 5 aromatic rings. The summed E-state index contributed by atoms with van der Waals surface area (Å²) < 4.78 is 7.15. The molecular weight excluding hydrogens is 368 g/mol. The van der Waals surface area contributed by atoms with Crippen LogP contribution in [0.3, 0.4) is 0 Å². The zero-order valence-electron chi connectivity index (χ0n) is 18.5. The highest BCUT2D eigenvalue weighted by Gasteiger charge is 2.41. The van der Waals surface area contributed by atoms with Crippen molar-refractivity contribution in [3.63, 3.8) is 0 Å². The van der Waals surface area contributed by atoms with Crippen molar-refractivity contribution in [2.45, 2.75) is 46.1 Å². The number of nitrogens with zero attached hydrogens (tertiary/aromatic N) is 4. The van der Waals surface area contributed by atoms with E-state index in [1.807, 2.05) is 0 Å². The predicted molar refractivity (Wildman–Crippen MR) is 122 cm³/mol. The third kappa shape index (κ3) is 1.97. The van der Waals surface area contributed by atoms with Gasteiger partial charge in [0.1, 0.15) is 7.05 Å². The van der Waals surface area contributed by atoms with Crippen LogP contribution in [-0.4, -0.2) is 14.0 Å². The number of para-hydroxylation sites is 2. The van der Waals surface area contributed by atoms with Gasteiger partial charge in [-0.2, -0.15) is 0 Å². The van der Waals surface area contributed by atoms with E-state index in [1.54, 1.807) is 0 Å². The lowest BCUT2D eigenvalue weighted by Crippen LogP contribution is -2.41. The van der Waals surface area contributed by atoms with Gasteiger partial charge in [-0.05, 0) is 56.5 Å². The SMILES string of the molecule is Cc1ccc2c3c1-c1c(cc(C(C)C)c[n+]1C)C(C)(C)n3c1nc3ccccc3n21. The highest BCUT2D eigenvalue weighted by Crippen LogP contribution is 2.47. The number of fused-ring (bicyclic) bond motifs is 7. The van der Waals surface area contributed by atoms with E-state index >= 15 is 0 Å². The Morgan fingerprint density at radius 3 is 2.57 bits per heavy atom. The molecule has 0 radical (unpaired) electrons. The molecule has 1 aliphatic heterocycles. The van der Waals surface area contributed by atoms with Crippen molar-refractivity contribution in [1.82, 2.24) is 14.0 Å². The molecule has 4 heteroatoms. The van der Waals surface area contributed by atoms with Crippen molar-refractivity contribution in [2.75, 3.05) is 0 Å². The second-order valence-electron chi connectivity index (χ2n) is 9.56. The Balaban J connectivity index is 1.89. The molecular formula is C26H27N4+. The maximum Gasteiger partial charge on any atom is 0.220 e. The minimum Gasteiger partial charge on any atom is -0.299 e. The van der Waals surface area contributed by atoms with E-state index in [9.17, 15) is 0 Å². The van der Waals surface area contributed by atoms with Crippen molar-refractivity contribution in [2.24, 2.45) is 7.05 Å². The molecule has 0 spiro atoms. The Labute approximate surface area is 176 Å². The number of aromatic nitrogens is 4. The Morgan fingerprint density at radius 2 is 1.80 bits per heavy atom. The van der Waals surface area contributed by atoms with Crippen molar-refractivity contribution in [1.29, 1.82) is 0 Å². The summed E-state index contributed by atoms with van der Waals surface area (Å²) in [6.45, 7) is 11.4. The molecule has 4 heterocycles. The molecule has 4 nitrogen and oxygen atoms in total. The van der Waals surface area contributed by atoms with Gasteiger partial charge in [-0.3, -0.25) is 8.97 Å². The van der Waals surface area contributed by atoms with Gasteiger partial charge in [0.15, 0.2) is 6.20 Å². The standard InChI is InChI=1S/C26H27N4/c1-15(2)17-13-18-23(28(6)14-17)22-16(3)11-12-21-24(22)30(26(18,4)5)25-27-19-9-7-8-10-20(19)29(21)25/h7-15H,1-6H3/q+1. The van der Waals surface area contributed by atoms with Gasteiger partial charge in [-0.1, -0.05) is 32.0 Å². The fourth-order valence-corrected chi connectivity index (χ4v) is 5.38. The topological polar surface area (TPSA) is 26.1 Å². The summed E-state index contributed by atoms with van der Waals surface area (Å²) in [7, 11) is 2.19. The molecule has 0 fully saturated rings.